The molecule has 2 rings (SSSR count). The van der Waals surface area contributed by atoms with Gasteiger partial charge in [-0.15, -0.1) is 24.8 Å². The molecule has 2 heterocycles. The van der Waals surface area contributed by atoms with Gasteiger partial charge in [-0.25, -0.2) is 4.98 Å². The maximum Gasteiger partial charge on any atom is 0.239 e. The fourth-order valence-electron chi connectivity index (χ4n) is 2.58. The predicted molar refractivity (Wildman–Crippen MR) is 101 cm³/mol. The van der Waals surface area contributed by atoms with Crippen LogP contribution in [-0.2, 0) is 16.1 Å². The van der Waals surface area contributed by atoms with Gasteiger partial charge in [0.15, 0.2) is 0 Å². The van der Waals surface area contributed by atoms with Gasteiger partial charge in [0.25, 0.3) is 0 Å². The number of nitrogens with two attached hydrogens (primary N) is 1. The van der Waals surface area contributed by atoms with Crippen molar-refractivity contribution in [1.29, 1.82) is 0 Å². The number of carbonyl (C=O) groups excluding carboxylic acids is 1. The Kier molecular flexibility index (Phi) is 11.8. The van der Waals surface area contributed by atoms with E-state index in [1.165, 1.54) is 32.8 Å². The van der Waals surface area contributed by atoms with E-state index in [0.717, 1.165) is 24.5 Å². The van der Waals surface area contributed by atoms with Gasteiger partial charge in [0.1, 0.15) is 11.9 Å². The van der Waals surface area contributed by atoms with Gasteiger partial charge < -0.3 is 20.7 Å². The van der Waals surface area contributed by atoms with Crippen molar-refractivity contribution in [2.45, 2.75) is 38.3 Å². The summed E-state index contributed by atoms with van der Waals surface area (Å²) in [5.74, 6) is 0.812. The summed E-state index contributed by atoms with van der Waals surface area (Å²) in [4.78, 5) is 18.6. The Morgan fingerprint density at radius 3 is 2.50 bits per heavy atom. The minimum absolute atomic E-state index is 0. The zero-order valence-electron chi connectivity index (χ0n) is 14.1. The third-order valence-electron chi connectivity index (χ3n) is 3.89. The van der Waals surface area contributed by atoms with E-state index in [0.29, 0.717) is 6.54 Å². The van der Waals surface area contributed by atoms with Crippen LogP contribution in [0.15, 0.2) is 18.3 Å². The quantitative estimate of drug-likeness (QED) is 0.789. The highest BCUT2D eigenvalue weighted by atomic mass is 35.5. The normalized spacial score (nSPS) is 15.5. The van der Waals surface area contributed by atoms with Crippen LogP contribution in [0.1, 0.15) is 31.2 Å². The highest BCUT2D eigenvalue weighted by molar-refractivity contribution is 5.85. The molecular weight excluding hydrogens is 351 g/mol. The molecule has 0 bridgehead atoms. The summed E-state index contributed by atoms with van der Waals surface area (Å²) in [7, 11) is 1.53. The molecule has 1 unspecified atom stereocenters. The molecule has 0 saturated carbocycles. The van der Waals surface area contributed by atoms with Crippen molar-refractivity contribution >= 4 is 36.5 Å². The highest BCUT2D eigenvalue weighted by Gasteiger charge is 2.13. The van der Waals surface area contributed by atoms with Crippen molar-refractivity contribution in [3.05, 3.63) is 23.9 Å². The van der Waals surface area contributed by atoms with Crippen molar-refractivity contribution in [2.24, 2.45) is 5.73 Å². The van der Waals surface area contributed by atoms with E-state index in [1.54, 1.807) is 0 Å². The van der Waals surface area contributed by atoms with Crippen LogP contribution in [0.5, 0.6) is 0 Å². The average Bonchev–Trinajstić information content (AvgIpc) is 2.82. The first-order valence-electron chi connectivity index (χ1n) is 7.93. The number of amides is 1. The summed E-state index contributed by atoms with van der Waals surface area (Å²) in [5.41, 5.74) is 6.64. The molecule has 6 nitrogen and oxygen atoms in total. The Hall–Kier alpha value is -1.08. The molecule has 1 aromatic rings. The van der Waals surface area contributed by atoms with Gasteiger partial charge in [-0.05, 0) is 24.5 Å². The number of hydrogen-bond donors (Lipinski definition) is 2. The number of anilines is 1. The first-order chi connectivity index (χ1) is 10.7. The number of methoxy groups -OCH3 is 1. The van der Waals surface area contributed by atoms with E-state index < -0.39 is 6.04 Å². The van der Waals surface area contributed by atoms with E-state index in [1.807, 2.05) is 18.3 Å². The highest BCUT2D eigenvalue weighted by Crippen LogP contribution is 2.17. The summed E-state index contributed by atoms with van der Waals surface area (Å²) in [5, 5.41) is 2.79. The van der Waals surface area contributed by atoms with Gasteiger partial charge in [0.05, 0.1) is 6.61 Å². The Morgan fingerprint density at radius 2 is 1.96 bits per heavy atom. The molecule has 1 atom stereocenters. The summed E-state index contributed by atoms with van der Waals surface area (Å²) >= 11 is 0. The smallest absolute Gasteiger partial charge is 0.239 e. The lowest BCUT2D eigenvalue weighted by molar-refractivity contribution is -0.123. The largest absolute Gasteiger partial charge is 0.383 e. The number of hydrogen-bond acceptors (Lipinski definition) is 5. The second-order valence-electron chi connectivity index (χ2n) is 5.71. The molecule has 3 N–H and O–H groups in total. The minimum atomic E-state index is -0.630. The molecule has 1 aliphatic heterocycles. The van der Waals surface area contributed by atoms with E-state index in [-0.39, 0.29) is 37.3 Å². The van der Waals surface area contributed by atoms with Crippen LogP contribution in [-0.4, -0.2) is 43.7 Å². The molecule has 1 amide bonds. The van der Waals surface area contributed by atoms with E-state index in [4.69, 9.17) is 10.5 Å². The third kappa shape index (κ3) is 7.21. The van der Waals surface area contributed by atoms with Gasteiger partial charge >= 0.3 is 0 Å². The van der Waals surface area contributed by atoms with Crippen LogP contribution in [0.25, 0.3) is 0 Å². The number of aromatic nitrogens is 1. The van der Waals surface area contributed by atoms with Crippen LogP contribution < -0.4 is 16.0 Å². The van der Waals surface area contributed by atoms with Crippen LogP contribution in [0.2, 0.25) is 0 Å². The topological polar surface area (TPSA) is 80.5 Å². The van der Waals surface area contributed by atoms with E-state index in [2.05, 4.69) is 15.2 Å². The Balaban J connectivity index is 0.00000264. The van der Waals surface area contributed by atoms with Gasteiger partial charge in [0, 0.05) is 32.9 Å². The number of halogens is 2. The van der Waals surface area contributed by atoms with Gasteiger partial charge in [-0.1, -0.05) is 18.9 Å². The third-order valence-corrected chi connectivity index (χ3v) is 3.89. The molecule has 1 fully saturated rings. The van der Waals surface area contributed by atoms with Crippen LogP contribution in [0.4, 0.5) is 5.82 Å². The molecule has 1 aromatic heterocycles. The first-order valence-corrected chi connectivity index (χ1v) is 7.93. The molecule has 8 heteroatoms. The fraction of sp³-hybridized carbons (Fsp3) is 0.625. The molecule has 0 radical (unpaired) electrons. The Labute approximate surface area is 156 Å². The molecule has 138 valence electrons. The van der Waals surface area contributed by atoms with Crippen LogP contribution in [0.3, 0.4) is 0 Å². The Bertz CT molecular complexity index is 466. The van der Waals surface area contributed by atoms with Crippen molar-refractivity contribution < 1.29 is 9.53 Å². The lowest BCUT2D eigenvalue weighted by Gasteiger charge is -2.21. The first kappa shape index (κ1) is 22.9. The van der Waals surface area contributed by atoms with Crippen molar-refractivity contribution in [3.63, 3.8) is 0 Å². The molecule has 0 aromatic carbocycles. The molecule has 1 saturated heterocycles. The maximum absolute atomic E-state index is 11.7. The average molecular weight is 379 g/mol. The molecular formula is C16H28Cl2N4O2. The lowest BCUT2D eigenvalue weighted by atomic mass is 10.2. The Morgan fingerprint density at radius 1 is 1.29 bits per heavy atom. The SMILES string of the molecule is COCC(N)C(=O)NCc1ccc(N2CCCCCC2)nc1.Cl.Cl. The van der Waals surface area contributed by atoms with Gasteiger partial charge in [0.2, 0.25) is 5.91 Å². The van der Waals surface area contributed by atoms with Gasteiger partial charge in [-0.2, -0.15) is 0 Å². The van der Waals surface area contributed by atoms with Crippen molar-refractivity contribution in [2.75, 3.05) is 31.7 Å². The van der Waals surface area contributed by atoms with E-state index >= 15 is 0 Å². The number of rotatable bonds is 6. The molecule has 0 spiro atoms. The minimum Gasteiger partial charge on any atom is -0.383 e. The predicted octanol–water partition coefficient (Wildman–Crippen LogP) is 1.90. The van der Waals surface area contributed by atoms with Crippen LogP contribution >= 0.6 is 24.8 Å². The molecule has 24 heavy (non-hydrogen) atoms. The number of pyridine rings is 1. The zero-order valence-corrected chi connectivity index (χ0v) is 15.7. The van der Waals surface area contributed by atoms with Crippen molar-refractivity contribution in [1.82, 2.24) is 10.3 Å². The molecule has 0 aliphatic carbocycles. The zero-order chi connectivity index (χ0) is 15.8. The van der Waals surface area contributed by atoms with E-state index in [9.17, 15) is 4.79 Å². The maximum atomic E-state index is 11.7. The van der Waals surface area contributed by atoms with Crippen molar-refractivity contribution in [3.8, 4) is 0 Å². The number of nitrogens with zero attached hydrogens (tertiary/aromatic N) is 2. The summed E-state index contributed by atoms with van der Waals surface area (Å²) in [6.07, 6.45) is 6.90. The van der Waals surface area contributed by atoms with Crippen LogP contribution in [0, 0.1) is 0 Å². The second kappa shape index (κ2) is 12.3. The lowest BCUT2D eigenvalue weighted by Crippen LogP contribution is -2.43. The summed E-state index contributed by atoms with van der Waals surface area (Å²) in [6.45, 7) is 2.81. The standard InChI is InChI=1S/C16H26N4O2.2ClH/c1-22-12-14(17)16(21)19-11-13-6-7-15(18-10-13)20-8-4-2-3-5-9-20;;/h6-7,10,14H,2-5,8-9,11-12,17H2,1H3,(H,19,21);2*1H. The summed E-state index contributed by atoms with van der Waals surface area (Å²) < 4.78 is 4.87. The number of carbonyl (C=O) groups is 1. The second-order valence-corrected chi connectivity index (χ2v) is 5.71. The number of nitrogens with one attached hydrogen (secondary N) is 1. The monoisotopic (exact) mass is 378 g/mol. The summed E-state index contributed by atoms with van der Waals surface area (Å²) in [6, 6.07) is 3.41. The van der Waals surface area contributed by atoms with Gasteiger partial charge in [-0.3, -0.25) is 4.79 Å². The molecule has 1 aliphatic rings. The fourth-order valence-corrected chi connectivity index (χ4v) is 2.58. The number of ether oxygens (including phenoxy) is 1.